The van der Waals surface area contributed by atoms with E-state index in [1.807, 2.05) is 13.8 Å². The molecule has 2 unspecified atom stereocenters. The van der Waals surface area contributed by atoms with Crippen LogP contribution >= 0.6 is 11.6 Å². The highest BCUT2D eigenvalue weighted by atomic mass is 35.5. The van der Waals surface area contributed by atoms with Crippen LogP contribution in [0.1, 0.15) is 69.9 Å². The minimum Gasteiger partial charge on any atom is -0.378 e. The molecule has 3 rings (SSSR count). The summed E-state index contributed by atoms with van der Waals surface area (Å²) in [5.41, 5.74) is -1.24. The number of aliphatic hydroxyl groups excluding tert-OH is 1. The predicted octanol–water partition coefficient (Wildman–Crippen LogP) is 4.89. The van der Waals surface area contributed by atoms with Gasteiger partial charge in [0.2, 0.25) is 0 Å². The van der Waals surface area contributed by atoms with Crippen LogP contribution in [-0.2, 0) is 12.7 Å². The highest BCUT2D eigenvalue weighted by molar-refractivity contribution is 6.20. The van der Waals surface area contributed by atoms with Gasteiger partial charge in [-0.2, -0.15) is 13.2 Å². The normalized spacial score (nSPS) is 20.5. The molecule has 0 spiro atoms. The maximum atomic E-state index is 13.0. The molecule has 1 aliphatic heterocycles. The van der Waals surface area contributed by atoms with Crippen molar-refractivity contribution in [2.75, 3.05) is 6.54 Å². The number of alkyl halides is 4. The lowest BCUT2D eigenvalue weighted by molar-refractivity contribution is -0.137. The van der Waals surface area contributed by atoms with Crippen molar-refractivity contribution < 1.29 is 23.4 Å². The Morgan fingerprint density at radius 3 is 2.34 bits per heavy atom. The maximum Gasteiger partial charge on any atom is 0.416 e. The molecule has 1 aromatic carbocycles. The smallest absolute Gasteiger partial charge is 0.378 e. The minimum absolute atomic E-state index is 0.174. The van der Waals surface area contributed by atoms with Gasteiger partial charge in [-0.1, -0.05) is 62.8 Å². The van der Waals surface area contributed by atoms with Gasteiger partial charge in [0.1, 0.15) is 17.5 Å². The number of hydrogen-bond donors (Lipinski definition) is 4. The van der Waals surface area contributed by atoms with E-state index in [4.69, 9.17) is 11.6 Å². The standard InChI is InChI=1S/C26H35ClF3N3O2/c1-3-25(35,4-2)15-14-21-22(23(34)31-16-18-8-6-5-7-9-18)33(24(27)32-21)17-19-10-12-20(13-11-19)26(28,29)30/h10-13,18,23-24,31-32,34-35H,3-9,16-17H2,1-2H3. The second-order valence-electron chi connectivity index (χ2n) is 9.37. The summed E-state index contributed by atoms with van der Waals surface area (Å²) in [6, 6.07) is 4.88. The zero-order chi connectivity index (χ0) is 25.6. The number of hydrogen-bond acceptors (Lipinski definition) is 5. The molecule has 1 saturated carbocycles. The van der Waals surface area contributed by atoms with Crippen molar-refractivity contribution in [1.82, 2.24) is 15.5 Å². The highest BCUT2D eigenvalue weighted by Gasteiger charge is 2.35. The fourth-order valence-electron chi connectivity index (χ4n) is 4.46. The lowest BCUT2D eigenvalue weighted by atomic mass is 9.89. The van der Waals surface area contributed by atoms with Crippen molar-refractivity contribution in [3.63, 3.8) is 0 Å². The number of halogens is 4. The molecule has 0 radical (unpaired) electrons. The van der Waals surface area contributed by atoms with Gasteiger partial charge in [0.05, 0.1) is 11.3 Å². The molecule has 1 aromatic rings. The molecule has 194 valence electrons. The van der Waals surface area contributed by atoms with Crippen LogP contribution in [0, 0.1) is 17.8 Å². The van der Waals surface area contributed by atoms with E-state index >= 15 is 0 Å². The molecule has 1 aliphatic carbocycles. The lowest BCUT2D eigenvalue weighted by Gasteiger charge is -2.29. The second kappa shape index (κ2) is 11.9. The van der Waals surface area contributed by atoms with Gasteiger partial charge in [-0.25, -0.2) is 0 Å². The zero-order valence-corrected chi connectivity index (χ0v) is 21.0. The first-order valence-corrected chi connectivity index (χ1v) is 12.7. The molecule has 0 bridgehead atoms. The van der Waals surface area contributed by atoms with Crippen molar-refractivity contribution in [3.05, 3.63) is 46.8 Å². The fraction of sp³-hybridized carbons (Fsp3) is 0.615. The van der Waals surface area contributed by atoms with Crippen LogP contribution in [0.15, 0.2) is 35.7 Å². The molecule has 1 fully saturated rings. The molecule has 1 heterocycles. The van der Waals surface area contributed by atoms with Crippen molar-refractivity contribution in [3.8, 4) is 11.8 Å². The van der Waals surface area contributed by atoms with Crippen molar-refractivity contribution >= 4 is 11.6 Å². The Morgan fingerprint density at radius 1 is 1.14 bits per heavy atom. The molecular formula is C26H35ClF3N3O2. The summed E-state index contributed by atoms with van der Waals surface area (Å²) in [5, 5.41) is 28.0. The van der Waals surface area contributed by atoms with Crippen LogP contribution in [0.3, 0.4) is 0 Å². The van der Waals surface area contributed by atoms with Gasteiger partial charge in [-0.05, 0) is 55.2 Å². The predicted molar refractivity (Wildman–Crippen MR) is 131 cm³/mol. The molecule has 5 nitrogen and oxygen atoms in total. The van der Waals surface area contributed by atoms with E-state index in [1.54, 1.807) is 4.90 Å². The molecule has 0 saturated heterocycles. The maximum absolute atomic E-state index is 13.0. The Bertz CT molecular complexity index is 930. The van der Waals surface area contributed by atoms with Gasteiger partial charge in [-0.15, -0.1) is 0 Å². The number of allylic oxidation sites excluding steroid dienone is 1. The van der Waals surface area contributed by atoms with Crippen LogP contribution in [0.25, 0.3) is 0 Å². The van der Waals surface area contributed by atoms with Crippen molar-refractivity contribution in [2.45, 2.75) is 89.0 Å². The van der Waals surface area contributed by atoms with E-state index in [9.17, 15) is 23.4 Å². The van der Waals surface area contributed by atoms with Crippen molar-refractivity contribution in [2.24, 2.45) is 5.92 Å². The molecule has 0 aromatic heterocycles. The van der Waals surface area contributed by atoms with Gasteiger partial charge in [0.25, 0.3) is 0 Å². The van der Waals surface area contributed by atoms with Gasteiger partial charge in [0.15, 0.2) is 5.62 Å². The Morgan fingerprint density at radius 2 is 1.77 bits per heavy atom. The van der Waals surface area contributed by atoms with E-state index in [1.165, 1.54) is 31.4 Å². The number of benzene rings is 1. The van der Waals surface area contributed by atoms with Gasteiger partial charge in [0, 0.05) is 13.1 Å². The lowest BCUT2D eigenvalue weighted by Crippen LogP contribution is -2.41. The SMILES string of the molecule is CCC(O)(C#CC1=C(C(O)NCC2CCCCC2)N(Cc2ccc(C(F)(F)F)cc2)C(Cl)N1)CC. The van der Waals surface area contributed by atoms with Crippen LogP contribution in [0.2, 0.25) is 0 Å². The second-order valence-corrected chi connectivity index (χ2v) is 9.78. The topological polar surface area (TPSA) is 67.8 Å². The van der Waals surface area contributed by atoms with Gasteiger partial charge < -0.3 is 20.4 Å². The molecule has 9 heteroatoms. The largest absolute Gasteiger partial charge is 0.416 e. The van der Waals surface area contributed by atoms with Crippen LogP contribution in [0.4, 0.5) is 13.2 Å². The van der Waals surface area contributed by atoms with Crippen LogP contribution < -0.4 is 10.6 Å². The van der Waals surface area contributed by atoms with E-state index in [2.05, 4.69) is 22.5 Å². The highest BCUT2D eigenvalue weighted by Crippen LogP contribution is 2.31. The Labute approximate surface area is 210 Å². The van der Waals surface area contributed by atoms with Crippen LogP contribution in [0.5, 0.6) is 0 Å². The van der Waals surface area contributed by atoms with Gasteiger partial charge >= 0.3 is 6.18 Å². The third-order valence-electron chi connectivity index (χ3n) is 6.91. The summed E-state index contributed by atoms with van der Waals surface area (Å²) < 4.78 is 38.9. The first-order valence-electron chi connectivity index (χ1n) is 12.3. The summed E-state index contributed by atoms with van der Waals surface area (Å²) >= 11 is 6.56. The summed E-state index contributed by atoms with van der Waals surface area (Å²) in [7, 11) is 0. The quantitative estimate of drug-likeness (QED) is 0.172. The number of nitrogens with zero attached hydrogens (tertiary/aromatic N) is 1. The fourth-order valence-corrected chi connectivity index (χ4v) is 4.75. The van der Waals surface area contributed by atoms with E-state index in [0.29, 0.717) is 42.3 Å². The minimum atomic E-state index is -4.41. The van der Waals surface area contributed by atoms with E-state index in [-0.39, 0.29) is 6.54 Å². The summed E-state index contributed by atoms with van der Waals surface area (Å²) in [6.45, 7) is 4.50. The number of aliphatic hydroxyl groups is 2. The third-order valence-corrected chi connectivity index (χ3v) is 7.26. The van der Waals surface area contributed by atoms with E-state index < -0.39 is 29.2 Å². The number of rotatable bonds is 8. The zero-order valence-electron chi connectivity index (χ0n) is 20.3. The van der Waals surface area contributed by atoms with Gasteiger partial charge in [-0.3, -0.25) is 5.32 Å². The van der Waals surface area contributed by atoms with Crippen LogP contribution in [-0.4, -0.2) is 39.1 Å². The monoisotopic (exact) mass is 513 g/mol. The summed E-state index contributed by atoms with van der Waals surface area (Å²) in [5.74, 6) is 6.33. The van der Waals surface area contributed by atoms with E-state index in [0.717, 1.165) is 25.0 Å². The van der Waals surface area contributed by atoms with Crippen molar-refractivity contribution in [1.29, 1.82) is 0 Å². The first kappa shape index (κ1) is 27.7. The molecule has 4 N–H and O–H groups in total. The Hall–Kier alpha value is -1.92. The average Bonchev–Trinajstić information content (AvgIpc) is 3.16. The Kier molecular flexibility index (Phi) is 9.39. The molecule has 2 atom stereocenters. The molecule has 0 amide bonds. The molecule has 35 heavy (non-hydrogen) atoms. The Balaban J connectivity index is 1.86. The summed E-state index contributed by atoms with van der Waals surface area (Å²) in [4.78, 5) is 1.68. The summed E-state index contributed by atoms with van der Waals surface area (Å²) in [6.07, 6.45) is 1.21. The molecule has 2 aliphatic rings. The molecular weight excluding hydrogens is 479 g/mol. The first-order chi connectivity index (χ1) is 16.6. The number of nitrogens with one attached hydrogen (secondary N) is 2. The third kappa shape index (κ3) is 7.29. The average molecular weight is 514 g/mol.